The highest BCUT2D eigenvalue weighted by Gasteiger charge is 2.10. The van der Waals surface area contributed by atoms with Gasteiger partial charge in [0.25, 0.3) is 0 Å². The van der Waals surface area contributed by atoms with Gasteiger partial charge in [-0.25, -0.2) is 0 Å². The van der Waals surface area contributed by atoms with Crippen LogP contribution >= 0.6 is 0 Å². The Morgan fingerprint density at radius 2 is 0.528 bits per heavy atom. The molecule has 218 valence electrons. The predicted octanol–water partition coefficient (Wildman–Crippen LogP) is 1.97. The van der Waals surface area contributed by atoms with Crippen LogP contribution in [-0.4, -0.2) is 124 Å². The van der Waals surface area contributed by atoms with Crippen molar-refractivity contribution in [1.29, 1.82) is 0 Å². The highest BCUT2D eigenvalue weighted by Crippen LogP contribution is 2.05. The summed E-state index contributed by atoms with van der Waals surface area (Å²) in [4.78, 5) is 10.5. The van der Waals surface area contributed by atoms with Gasteiger partial charge in [-0.1, -0.05) is 13.8 Å². The number of rotatable bonds is 29. The number of hydrogen-bond acceptors (Lipinski definition) is 8. The predicted molar refractivity (Wildman–Crippen MR) is 159 cm³/mol. The molecule has 0 radical (unpaired) electrons. The monoisotopic (exact) mass is 515 g/mol. The van der Waals surface area contributed by atoms with Crippen LogP contribution in [0.1, 0.15) is 78.1 Å². The molecule has 0 aromatic heterocycles. The Bertz CT molecular complexity index is 418. The molecule has 36 heavy (non-hydrogen) atoms. The molecule has 8 N–H and O–H groups in total. The van der Waals surface area contributed by atoms with Gasteiger partial charge >= 0.3 is 0 Å². The molecule has 0 atom stereocenters. The molecule has 0 fully saturated rings. The van der Waals surface area contributed by atoms with Crippen LogP contribution in [0.3, 0.4) is 0 Å². The highest BCUT2D eigenvalue weighted by molar-refractivity contribution is 4.66. The molecule has 0 aliphatic carbocycles. The zero-order valence-electron chi connectivity index (χ0n) is 24.5. The van der Waals surface area contributed by atoms with Crippen LogP contribution in [0.2, 0.25) is 0 Å². The molecule has 0 amide bonds. The lowest BCUT2D eigenvalue weighted by Gasteiger charge is -2.27. The Labute approximate surface area is 225 Å². The molecular formula is C28H66N8. The standard InChI is InChI=1S/C28H66N8/c1-3-17-33(25-11-26-34(18-4-2)21-7-13-29)19-5-6-20-35(22-8-14-30)27-12-28-36(23-9-15-31)24-10-16-32/h3-32H2,1-2H3. The van der Waals surface area contributed by atoms with E-state index in [1.165, 1.54) is 77.8 Å². The second-order valence-corrected chi connectivity index (χ2v) is 10.3. The van der Waals surface area contributed by atoms with Gasteiger partial charge in [0.2, 0.25) is 0 Å². The van der Waals surface area contributed by atoms with Gasteiger partial charge in [-0.3, -0.25) is 0 Å². The topological polar surface area (TPSA) is 117 Å². The summed E-state index contributed by atoms with van der Waals surface area (Å²) in [5.41, 5.74) is 23.0. The molecule has 0 saturated carbocycles. The first-order valence-electron chi connectivity index (χ1n) is 15.3. The molecule has 8 heteroatoms. The van der Waals surface area contributed by atoms with Crippen molar-refractivity contribution in [1.82, 2.24) is 19.6 Å². The van der Waals surface area contributed by atoms with E-state index in [0.29, 0.717) is 0 Å². The van der Waals surface area contributed by atoms with Gasteiger partial charge in [0, 0.05) is 0 Å². The molecule has 8 nitrogen and oxygen atoms in total. The van der Waals surface area contributed by atoms with E-state index in [1.54, 1.807) is 0 Å². The lowest BCUT2D eigenvalue weighted by Crippen LogP contribution is -2.34. The molecule has 0 aromatic rings. The lowest BCUT2D eigenvalue weighted by atomic mass is 10.2. The summed E-state index contributed by atoms with van der Waals surface area (Å²) in [5, 5.41) is 0. The van der Waals surface area contributed by atoms with Crippen LogP contribution < -0.4 is 22.9 Å². The summed E-state index contributed by atoms with van der Waals surface area (Å²) in [5.74, 6) is 0. The number of unbranched alkanes of at least 4 members (excludes halogenated alkanes) is 1. The van der Waals surface area contributed by atoms with Crippen molar-refractivity contribution in [2.24, 2.45) is 22.9 Å². The summed E-state index contributed by atoms with van der Waals surface area (Å²) < 4.78 is 0. The van der Waals surface area contributed by atoms with Crippen LogP contribution in [0.4, 0.5) is 0 Å². The smallest absolute Gasteiger partial charge is 0.000653 e. The second kappa shape index (κ2) is 27.7. The number of hydrogen-bond donors (Lipinski definition) is 4. The fraction of sp³-hybridized carbons (Fsp3) is 1.00. The maximum absolute atomic E-state index is 5.83. The molecule has 0 aliphatic rings. The van der Waals surface area contributed by atoms with Gasteiger partial charge in [0.15, 0.2) is 0 Å². The first kappa shape index (κ1) is 35.7. The zero-order valence-corrected chi connectivity index (χ0v) is 24.5. The SMILES string of the molecule is CCCN(CCCN)CCCN(CCC)CCCCN(CCCN)CCCN(CCCN)CCCN. The number of nitrogens with two attached hydrogens (primary N) is 4. The average molecular weight is 515 g/mol. The van der Waals surface area contributed by atoms with Crippen molar-refractivity contribution in [3.63, 3.8) is 0 Å². The summed E-state index contributed by atoms with van der Waals surface area (Å²) in [7, 11) is 0. The Kier molecular flexibility index (Phi) is 27.5. The van der Waals surface area contributed by atoms with E-state index >= 15 is 0 Å². The molecule has 0 unspecified atom stereocenters. The summed E-state index contributed by atoms with van der Waals surface area (Å²) in [6, 6.07) is 0. The van der Waals surface area contributed by atoms with E-state index < -0.39 is 0 Å². The van der Waals surface area contributed by atoms with Gasteiger partial charge in [-0.05, 0) is 169 Å². The van der Waals surface area contributed by atoms with Gasteiger partial charge in [-0.2, -0.15) is 0 Å². The lowest BCUT2D eigenvalue weighted by molar-refractivity contribution is 0.207. The summed E-state index contributed by atoms with van der Waals surface area (Å²) in [6.07, 6.45) is 11.8. The average Bonchev–Trinajstić information content (AvgIpc) is 2.88. The molecule has 0 aliphatic heterocycles. The van der Waals surface area contributed by atoms with Crippen molar-refractivity contribution >= 4 is 0 Å². The van der Waals surface area contributed by atoms with E-state index in [1.807, 2.05) is 0 Å². The van der Waals surface area contributed by atoms with Gasteiger partial charge in [-0.15, -0.1) is 0 Å². The third kappa shape index (κ3) is 21.7. The molecular weight excluding hydrogens is 448 g/mol. The Hall–Kier alpha value is -0.320. The van der Waals surface area contributed by atoms with Crippen LogP contribution in [0, 0.1) is 0 Å². The van der Waals surface area contributed by atoms with Crippen molar-refractivity contribution < 1.29 is 0 Å². The molecule has 0 rings (SSSR count). The fourth-order valence-electron chi connectivity index (χ4n) is 4.94. The Balaban J connectivity index is 4.38. The van der Waals surface area contributed by atoms with E-state index in [9.17, 15) is 0 Å². The van der Waals surface area contributed by atoms with E-state index in [0.717, 1.165) is 91.1 Å². The van der Waals surface area contributed by atoms with Crippen molar-refractivity contribution in [2.45, 2.75) is 78.1 Å². The van der Waals surface area contributed by atoms with Crippen LogP contribution in [0.15, 0.2) is 0 Å². The van der Waals surface area contributed by atoms with Crippen LogP contribution in [0.25, 0.3) is 0 Å². The zero-order chi connectivity index (χ0) is 26.7. The van der Waals surface area contributed by atoms with Gasteiger partial charge in [0.05, 0.1) is 0 Å². The van der Waals surface area contributed by atoms with Crippen LogP contribution in [-0.2, 0) is 0 Å². The Morgan fingerprint density at radius 3 is 0.778 bits per heavy atom. The second-order valence-electron chi connectivity index (χ2n) is 10.3. The van der Waals surface area contributed by atoms with Crippen molar-refractivity contribution in [3.05, 3.63) is 0 Å². The van der Waals surface area contributed by atoms with Gasteiger partial charge in [0.1, 0.15) is 0 Å². The summed E-state index contributed by atoms with van der Waals surface area (Å²) >= 11 is 0. The molecule has 0 bridgehead atoms. The minimum Gasteiger partial charge on any atom is -0.330 e. The van der Waals surface area contributed by atoms with Crippen molar-refractivity contribution in [2.75, 3.05) is 105 Å². The molecule has 0 aromatic carbocycles. The van der Waals surface area contributed by atoms with Crippen LogP contribution in [0.5, 0.6) is 0 Å². The first-order valence-corrected chi connectivity index (χ1v) is 15.3. The highest BCUT2D eigenvalue weighted by atomic mass is 15.2. The third-order valence-electron chi connectivity index (χ3n) is 6.89. The normalized spacial score (nSPS) is 12.2. The van der Waals surface area contributed by atoms with E-state index in [-0.39, 0.29) is 0 Å². The minimum absolute atomic E-state index is 0.766. The maximum atomic E-state index is 5.83. The molecule has 0 spiro atoms. The summed E-state index contributed by atoms with van der Waals surface area (Å²) in [6.45, 7) is 21.7. The van der Waals surface area contributed by atoms with E-state index in [2.05, 4.69) is 33.4 Å². The first-order chi connectivity index (χ1) is 17.6. The van der Waals surface area contributed by atoms with E-state index in [4.69, 9.17) is 22.9 Å². The third-order valence-corrected chi connectivity index (χ3v) is 6.89. The Morgan fingerprint density at radius 1 is 0.306 bits per heavy atom. The molecule has 0 saturated heterocycles. The minimum atomic E-state index is 0.766. The van der Waals surface area contributed by atoms with Gasteiger partial charge < -0.3 is 42.5 Å². The quantitative estimate of drug-likeness (QED) is 0.112. The fourth-order valence-corrected chi connectivity index (χ4v) is 4.94. The molecule has 0 heterocycles. The largest absolute Gasteiger partial charge is 0.330 e. The van der Waals surface area contributed by atoms with Crippen molar-refractivity contribution in [3.8, 4) is 0 Å². The maximum Gasteiger partial charge on any atom is -0.000653 e. The number of nitrogens with zero attached hydrogens (tertiary/aromatic N) is 4.